The lowest BCUT2D eigenvalue weighted by molar-refractivity contribution is 0.00728. The Hall–Kier alpha value is -2.48. The lowest BCUT2D eigenvalue weighted by atomic mass is 10.1. The lowest BCUT2D eigenvalue weighted by Gasteiger charge is -2.07. The highest BCUT2D eigenvalue weighted by atomic mass is 19.1. The van der Waals surface area contributed by atoms with Crippen LogP contribution in [0.4, 0.5) is 10.1 Å². The van der Waals surface area contributed by atoms with Crippen LogP contribution in [0.3, 0.4) is 0 Å². The number of ether oxygens (including phenoxy) is 4. The van der Waals surface area contributed by atoms with Crippen LogP contribution in [0.2, 0.25) is 0 Å². The minimum Gasteiger partial charge on any atom is -0.475 e. The first-order valence-corrected chi connectivity index (χ1v) is 9.66. The Kier molecular flexibility index (Phi) is 11.4. The third-order valence-electron chi connectivity index (χ3n) is 3.87. The van der Waals surface area contributed by atoms with E-state index >= 15 is 0 Å². The quantitative estimate of drug-likeness (QED) is 0.457. The average Bonchev–Trinajstić information content (AvgIpc) is 2.77. The Balaban J connectivity index is 1.56. The number of benzene rings is 1. The van der Waals surface area contributed by atoms with Crippen LogP contribution in [-0.2, 0) is 14.2 Å². The second-order valence-corrected chi connectivity index (χ2v) is 6.01. The number of halogens is 1. The molecule has 158 valence electrons. The van der Waals surface area contributed by atoms with Gasteiger partial charge in [0.25, 0.3) is 0 Å². The monoisotopic (exact) mass is 404 g/mol. The minimum atomic E-state index is -0.469. The topological polar surface area (TPSA) is 61.8 Å². The first-order chi connectivity index (χ1) is 14.3. The van der Waals surface area contributed by atoms with Crippen molar-refractivity contribution in [2.24, 2.45) is 0 Å². The second-order valence-electron chi connectivity index (χ2n) is 6.01. The largest absolute Gasteiger partial charge is 0.475 e. The molecule has 0 radical (unpaired) electrons. The van der Waals surface area contributed by atoms with Gasteiger partial charge in [-0.2, -0.15) is 0 Å². The summed E-state index contributed by atoms with van der Waals surface area (Å²) in [4.78, 5) is 4.30. The highest BCUT2D eigenvalue weighted by molar-refractivity contribution is 5.70. The molecule has 1 heterocycles. The molecule has 1 aromatic carbocycles. The molecule has 0 aliphatic rings. The zero-order valence-corrected chi connectivity index (χ0v) is 16.8. The van der Waals surface area contributed by atoms with E-state index in [9.17, 15) is 4.39 Å². The highest BCUT2D eigenvalue weighted by Crippen LogP contribution is 2.13. The zero-order chi connectivity index (χ0) is 20.6. The molecule has 29 heavy (non-hydrogen) atoms. The maximum atomic E-state index is 11.8. The Morgan fingerprint density at radius 2 is 1.38 bits per heavy atom. The maximum Gasteiger partial charge on any atom is 0.213 e. The van der Waals surface area contributed by atoms with Crippen molar-refractivity contribution >= 4 is 17.8 Å². The van der Waals surface area contributed by atoms with Crippen LogP contribution in [0, 0.1) is 0 Å². The number of nitrogens with zero attached hydrogens (tertiary/aromatic N) is 1. The van der Waals surface area contributed by atoms with E-state index in [-0.39, 0.29) is 6.61 Å². The number of pyridine rings is 1. The highest BCUT2D eigenvalue weighted by Gasteiger charge is 1.97. The van der Waals surface area contributed by atoms with Crippen LogP contribution in [0.5, 0.6) is 5.88 Å². The van der Waals surface area contributed by atoms with Crippen LogP contribution in [0.1, 0.15) is 11.1 Å². The van der Waals surface area contributed by atoms with Crippen LogP contribution < -0.4 is 10.1 Å². The third kappa shape index (κ3) is 10.0. The van der Waals surface area contributed by atoms with E-state index in [2.05, 4.69) is 22.4 Å². The second kappa shape index (κ2) is 14.5. The molecule has 1 aromatic heterocycles. The molecular weight excluding hydrogens is 375 g/mol. The fourth-order valence-electron chi connectivity index (χ4n) is 2.33. The zero-order valence-electron chi connectivity index (χ0n) is 16.8. The summed E-state index contributed by atoms with van der Waals surface area (Å²) in [6.07, 6.45) is 5.82. The molecular formula is C22H29FN2O4. The Bertz CT molecular complexity index is 693. The number of hydrogen-bond donors (Lipinski definition) is 1. The first-order valence-electron chi connectivity index (χ1n) is 9.66. The molecule has 6 nitrogen and oxygen atoms in total. The van der Waals surface area contributed by atoms with Gasteiger partial charge in [-0.1, -0.05) is 24.3 Å². The molecule has 0 saturated heterocycles. The molecule has 0 amide bonds. The standard InChI is InChI=1S/C22H29FN2O4/c1-24-21-7-4-19(5-8-21)2-3-20-6-9-22(25-18-20)29-17-16-28-15-14-27-13-12-26-11-10-23/h2-9,18,24H,10-17H2,1H3/b3-2+. The summed E-state index contributed by atoms with van der Waals surface area (Å²) >= 11 is 0. The fraction of sp³-hybridized carbons (Fsp3) is 0.409. The number of rotatable bonds is 15. The van der Waals surface area contributed by atoms with E-state index in [1.165, 1.54) is 0 Å². The summed E-state index contributed by atoms with van der Waals surface area (Å²) in [6.45, 7) is 2.29. The molecule has 1 N–H and O–H groups in total. The van der Waals surface area contributed by atoms with E-state index in [1.807, 2.05) is 43.5 Å². The third-order valence-corrected chi connectivity index (χ3v) is 3.87. The SMILES string of the molecule is CNc1ccc(/C=C/c2ccc(OCCOCCOCCOCCF)nc2)cc1. The van der Waals surface area contributed by atoms with Crippen LogP contribution >= 0.6 is 0 Å². The van der Waals surface area contributed by atoms with Crippen molar-refractivity contribution in [2.75, 3.05) is 65.3 Å². The van der Waals surface area contributed by atoms with Crippen LogP contribution in [-0.4, -0.2) is 65.0 Å². The molecule has 2 rings (SSSR count). The van der Waals surface area contributed by atoms with E-state index < -0.39 is 6.67 Å². The Morgan fingerprint density at radius 1 is 0.793 bits per heavy atom. The van der Waals surface area contributed by atoms with Crippen molar-refractivity contribution in [3.05, 3.63) is 53.7 Å². The first kappa shape index (κ1) is 22.8. The molecule has 2 aromatic rings. The van der Waals surface area contributed by atoms with E-state index in [4.69, 9.17) is 18.9 Å². The predicted octanol–water partition coefficient (Wildman–Crippen LogP) is 3.69. The molecule has 0 fully saturated rings. The summed E-state index contributed by atoms with van der Waals surface area (Å²) in [7, 11) is 1.90. The molecule has 7 heteroatoms. The van der Waals surface area contributed by atoms with Gasteiger partial charge < -0.3 is 24.3 Å². The summed E-state index contributed by atoms with van der Waals surface area (Å²) in [5.74, 6) is 0.561. The van der Waals surface area contributed by atoms with Gasteiger partial charge in [0.15, 0.2) is 0 Å². The maximum absolute atomic E-state index is 11.8. The van der Waals surface area contributed by atoms with Crippen molar-refractivity contribution in [1.29, 1.82) is 0 Å². The molecule has 0 bridgehead atoms. The van der Waals surface area contributed by atoms with Gasteiger partial charge in [-0.25, -0.2) is 9.37 Å². The summed E-state index contributed by atoms with van der Waals surface area (Å²) in [6, 6.07) is 12.0. The van der Waals surface area contributed by atoms with E-state index in [0.29, 0.717) is 45.5 Å². The van der Waals surface area contributed by atoms with Gasteiger partial charge in [0.2, 0.25) is 5.88 Å². The fourth-order valence-corrected chi connectivity index (χ4v) is 2.33. The normalized spacial score (nSPS) is 11.1. The smallest absolute Gasteiger partial charge is 0.213 e. The number of anilines is 1. The Morgan fingerprint density at radius 3 is 1.97 bits per heavy atom. The summed E-state index contributed by atoms with van der Waals surface area (Å²) < 4.78 is 33.0. The summed E-state index contributed by atoms with van der Waals surface area (Å²) in [5.41, 5.74) is 3.21. The number of nitrogens with one attached hydrogen (secondary N) is 1. The lowest BCUT2D eigenvalue weighted by Crippen LogP contribution is -2.13. The van der Waals surface area contributed by atoms with Crippen molar-refractivity contribution in [3.8, 4) is 5.88 Å². The molecule has 0 aliphatic heterocycles. The molecule has 0 aliphatic carbocycles. The number of aromatic nitrogens is 1. The average molecular weight is 404 g/mol. The predicted molar refractivity (Wildman–Crippen MR) is 113 cm³/mol. The van der Waals surface area contributed by atoms with Gasteiger partial charge in [-0.05, 0) is 29.3 Å². The van der Waals surface area contributed by atoms with Gasteiger partial charge in [0.05, 0.1) is 39.6 Å². The van der Waals surface area contributed by atoms with E-state index in [0.717, 1.165) is 16.8 Å². The van der Waals surface area contributed by atoms with Gasteiger partial charge in [0.1, 0.15) is 13.3 Å². The molecule has 0 saturated carbocycles. The summed E-state index contributed by atoms with van der Waals surface area (Å²) in [5, 5.41) is 3.10. The number of alkyl halides is 1. The van der Waals surface area contributed by atoms with Crippen molar-refractivity contribution < 1.29 is 23.3 Å². The molecule has 0 atom stereocenters. The van der Waals surface area contributed by atoms with Crippen molar-refractivity contribution in [2.45, 2.75) is 0 Å². The molecule has 0 unspecified atom stereocenters. The van der Waals surface area contributed by atoms with E-state index in [1.54, 1.807) is 6.20 Å². The van der Waals surface area contributed by atoms with Gasteiger partial charge >= 0.3 is 0 Å². The van der Waals surface area contributed by atoms with Crippen LogP contribution in [0.15, 0.2) is 42.6 Å². The Labute approximate surface area is 171 Å². The molecule has 0 spiro atoms. The number of hydrogen-bond acceptors (Lipinski definition) is 6. The van der Waals surface area contributed by atoms with Gasteiger partial charge in [-0.3, -0.25) is 0 Å². The van der Waals surface area contributed by atoms with Gasteiger partial charge in [0, 0.05) is 25.0 Å². The minimum absolute atomic E-state index is 0.118. The van der Waals surface area contributed by atoms with Crippen molar-refractivity contribution in [1.82, 2.24) is 4.98 Å². The van der Waals surface area contributed by atoms with Gasteiger partial charge in [-0.15, -0.1) is 0 Å². The van der Waals surface area contributed by atoms with Crippen LogP contribution in [0.25, 0.3) is 12.2 Å². The van der Waals surface area contributed by atoms with Crippen molar-refractivity contribution in [3.63, 3.8) is 0 Å².